The molecule has 0 radical (unpaired) electrons. The molecule has 0 fully saturated rings. The molecule has 0 aliphatic heterocycles. The molecule has 0 bridgehead atoms. The standard InChI is InChI=1S/C14H12N4O3/c1-8-6-11(18(2)16-8)13-15-12(17-21-13)9-4-3-5-10(7-9)14(19)20/h3-7H,1-2H3,(H,19,20). The van der Waals surface area contributed by atoms with Gasteiger partial charge in [0, 0.05) is 12.6 Å². The molecule has 3 rings (SSSR count). The highest BCUT2D eigenvalue weighted by molar-refractivity contribution is 5.89. The van der Waals surface area contributed by atoms with Crippen LogP contribution >= 0.6 is 0 Å². The van der Waals surface area contributed by atoms with E-state index in [1.807, 2.05) is 13.0 Å². The van der Waals surface area contributed by atoms with Crippen LogP contribution in [-0.4, -0.2) is 31.0 Å². The highest BCUT2D eigenvalue weighted by Crippen LogP contribution is 2.23. The molecule has 0 aliphatic rings. The Bertz CT molecular complexity index is 819. The fourth-order valence-electron chi connectivity index (χ4n) is 2.05. The lowest BCUT2D eigenvalue weighted by Crippen LogP contribution is -1.96. The van der Waals surface area contributed by atoms with Gasteiger partial charge in [0.15, 0.2) is 0 Å². The van der Waals surface area contributed by atoms with Gasteiger partial charge in [-0.1, -0.05) is 17.3 Å². The summed E-state index contributed by atoms with van der Waals surface area (Å²) in [6.45, 7) is 1.87. The summed E-state index contributed by atoms with van der Waals surface area (Å²) in [5, 5.41) is 17.1. The average molecular weight is 284 g/mol. The molecule has 0 saturated heterocycles. The molecular weight excluding hydrogens is 272 g/mol. The van der Waals surface area contributed by atoms with Crippen molar-refractivity contribution in [1.29, 1.82) is 0 Å². The van der Waals surface area contributed by atoms with Crippen molar-refractivity contribution >= 4 is 5.97 Å². The summed E-state index contributed by atoms with van der Waals surface area (Å²) in [7, 11) is 1.79. The monoisotopic (exact) mass is 284 g/mol. The highest BCUT2D eigenvalue weighted by atomic mass is 16.5. The summed E-state index contributed by atoms with van der Waals surface area (Å²) >= 11 is 0. The first-order chi connectivity index (χ1) is 10.0. The van der Waals surface area contributed by atoms with Crippen LogP contribution in [0.5, 0.6) is 0 Å². The van der Waals surface area contributed by atoms with E-state index in [-0.39, 0.29) is 5.56 Å². The molecule has 2 aromatic heterocycles. The van der Waals surface area contributed by atoms with Gasteiger partial charge in [-0.05, 0) is 25.1 Å². The number of rotatable bonds is 3. The van der Waals surface area contributed by atoms with E-state index in [9.17, 15) is 4.79 Å². The van der Waals surface area contributed by atoms with Gasteiger partial charge in [-0.15, -0.1) is 0 Å². The van der Waals surface area contributed by atoms with Crippen LogP contribution in [0.25, 0.3) is 23.0 Å². The molecule has 3 aromatic rings. The molecule has 106 valence electrons. The third-order valence-electron chi connectivity index (χ3n) is 3.01. The minimum Gasteiger partial charge on any atom is -0.478 e. The largest absolute Gasteiger partial charge is 0.478 e. The molecule has 0 atom stereocenters. The smallest absolute Gasteiger partial charge is 0.335 e. The summed E-state index contributed by atoms with van der Waals surface area (Å²) in [6.07, 6.45) is 0. The van der Waals surface area contributed by atoms with Gasteiger partial charge in [0.2, 0.25) is 5.82 Å². The van der Waals surface area contributed by atoms with Gasteiger partial charge in [-0.25, -0.2) is 4.79 Å². The first kappa shape index (κ1) is 13.0. The topological polar surface area (TPSA) is 94.0 Å². The molecule has 0 saturated carbocycles. The van der Waals surface area contributed by atoms with Crippen LogP contribution < -0.4 is 0 Å². The maximum absolute atomic E-state index is 11.0. The Balaban J connectivity index is 2.00. The summed E-state index contributed by atoms with van der Waals surface area (Å²) in [5.74, 6) is -0.316. The van der Waals surface area contributed by atoms with Crippen molar-refractivity contribution in [2.24, 2.45) is 7.05 Å². The summed E-state index contributed by atoms with van der Waals surface area (Å²) in [6, 6.07) is 8.23. The van der Waals surface area contributed by atoms with Crippen LogP contribution in [0.2, 0.25) is 0 Å². The van der Waals surface area contributed by atoms with Crippen molar-refractivity contribution in [2.75, 3.05) is 0 Å². The number of hydrogen-bond acceptors (Lipinski definition) is 5. The van der Waals surface area contributed by atoms with Crippen LogP contribution in [0.3, 0.4) is 0 Å². The van der Waals surface area contributed by atoms with Crippen LogP contribution in [0, 0.1) is 6.92 Å². The van der Waals surface area contributed by atoms with E-state index < -0.39 is 5.97 Å². The maximum Gasteiger partial charge on any atom is 0.335 e. The molecule has 1 N–H and O–H groups in total. The molecule has 7 nitrogen and oxygen atoms in total. The van der Waals surface area contributed by atoms with E-state index >= 15 is 0 Å². The van der Waals surface area contributed by atoms with Crippen molar-refractivity contribution in [3.8, 4) is 23.0 Å². The van der Waals surface area contributed by atoms with Crippen molar-refractivity contribution in [3.05, 3.63) is 41.6 Å². The summed E-state index contributed by atoms with van der Waals surface area (Å²) < 4.78 is 6.88. The normalized spacial score (nSPS) is 10.8. The van der Waals surface area contributed by atoms with E-state index in [0.717, 1.165) is 5.69 Å². The van der Waals surface area contributed by atoms with Crippen LogP contribution in [0.1, 0.15) is 16.1 Å². The maximum atomic E-state index is 11.0. The van der Waals surface area contributed by atoms with E-state index in [4.69, 9.17) is 9.63 Å². The minimum absolute atomic E-state index is 0.176. The third kappa shape index (κ3) is 2.40. The second-order valence-corrected chi connectivity index (χ2v) is 4.60. The van der Waals surface area contributed by atoms with Gasteiger partial charge >= 0.3 is 5.97 Å². The predicted octanol–water partition coefficient (Wildman–Crippen LogP) is 2.14. The third-order valence-corrected chi connectivity index (χ3v) is 3.01. The Morgan fingerprint density at radius 3 is 2.81 bits per heavy atom. The van der Waals surface area contributed by atoms with Crippen molar-refractivity contribution < 1.29 is 14.4 Å². The quantitative estimate of drug-likeness (QED) is 0.791. The van der Waals surface area contributed by atoms with Gasteiger partial charge < -0.3 is 9.63 Å². The van der Waals surface area contributed by atoms with Crippen molar-refractivity contribution in [2.45, 2.75) is 6.92 Å². The Kier molecular flexibility index (Phi) is 3.02. The van der Waals surface area contributed by atoms with Crippen molar-refractivity contribution in [1.82, 2.24) is 19.9 Å². The lowest BCUT2D eigenvalue weighted by atomic mass is 10.1. The lowest BCUT2D eigenvalue weighted by Gasteiger charge is -1.96. The van der Waals surface area contributed by atoms with E-state index in [1.165, 1.54) is 12.1 Å². The molecule has 0 amide bonds. The summed E-state index contributed by atoms with van der Waals surface area (Å²) in [5.41, 5.74) is 2.32. The fourth-order valence-corrected chi connectivity index (χ4v) is 2.05. The van der Waals surface area contributed by atoms with Gasteiger partial charge in [-0.3, -0.25) is 4.68 Å². The number of carbonyl (C=O) groups is 1. The minimum atomic E-state index is -0.997. The second-order valence-electron chi connectivity index (χ2n) is 4.60. The molecule has 21 heavy (non-hydrogen) atoms. The van der Waals surface area contributed by atoms with E-state index in [1.54, 1.807) is 23.9 Å². The zero-order chi connectivity index (χ0) is 15.0. The van der Waals surface area contributed by atoms with E-state index in [2.05, 4.69) is 15.2 Å². The Morgan fingerprint density at radius 1 is 1.33 bits per heavy atom. The molecule has 0 unspecified atom stereocenters. The number of carboxylic acids is 1. The van der Waals surface area contributed by atoms with Gasteiger partial charge in [-0.2, -0.15) is 10.1 Å². The number of aromatic carboxylic acids is 1. The van der Waals surface area contributed by atoms with Crippen LogP contribution in [-0.2, 0) is 7.05 Å². The molecule has 2 heterocycles. The lowest BCUT2D eigenvalue weighted by molar-refractivity contribution is 0.0697. The number of benzene rings is 1. The first-order valence-electron chi connectivity index (χ1n) is 6.23. The zero-order valence-electron chi connectivity index (χ0n) is 11.4. The molecule has 0 aliphatic carbocycles. The highest BCUT2D eigenvalue weighted by Gasteiger charge is 2.15. The number of nitrogens with zero attached hydrogens (tertiary/aromatic N) is 4. The second kappa shape index (κ2) is 4.86. The fraction of sp³-hybridized carbons (Fsp3) is 0.143. The average Bonchev–Trinajstić information content (AvgIpc) is 3.05. The molecular formula is C14H12N4O3. The Labute approximate surface area is 119 Å². The van der Waals surface area contributed by atoms with Crippen LogP contribution in [0.4, 0.5) is 0 Å². The number of hydrogen-bond donors (Lipinski definition) is 1. The predicted molar refractivity (Wildman–Crippen MR) is 73.6 cm³/mol. The van der Waals surface area contributed by atoms with E-state index in [0.29, 0.717) is 23.0 Å². The number of carboxylic acid groups (broad SMARTS) is 1. The Hall–Kier alpha value is -2.96. The van der Waals surface area contributed by atoms with Gasteiger partial charge in [0.25, 0.3) is 5.89 Å². The van der Waals surface area contributed by atoms with Gasteiger partial charge in [0.1, 0.15) is 5.69 Å². The molecule has 0 spiro atoms. The Morgan fingerprint density at radius 2 is 2.14 bits per heavy atom. The number of aryl methyl sites for hydroxylation is 2. The first-order valence-corrected chi connectivity index (χ1v) is 6.23. The SMILES string of the molecule is Cc1cc(-c2nc(-c3cccc(C(=O)O)c3)no2)n(C)n1. The van der Waals surface area contributed by atoms with Crippen molar-refractivity contribution in [3.63, 3.8) is 0 Å². The van der Waals surface area contributed by atoms with Crippen LogP contribution in [0.15, 0.2) is 34.9 Å². The zero-order valence-corrected chi connectivity index (χ0v) is 11.4. The molecule has 1 aromatic carbocycles. The summed E-state index contributed by atoms with van der Waals surface area (Å²) in [4.78, 5) is 15.3. The molecule has 7 heteroatoms. The number of aromatic nitrogens is 4. The van der Waals surface area contributed by atoms with Gasteiger partial charge in [0.05, 0.1) is 11.3 Å².